The zero-order chi connectivity index (χ0) is 8.39. The first-order valence-electron chi connectivity index (χ1n) is 3.98. The highest BCUT2D eigenvalue weighted by molar-refractivity contribution is 6.30. The Morgan fingerprint density at radius 1 is 1.00 bits per heavy atom. The molecule has 1 aliphatic carbocycles. The van der Waals surface area contributed by atoms with Crippen molar-refractivity contribution < 1.29 is 0 Å². The molecule has 0 nitrogen and oxygen atoms in total. The topological polar surface area (TPSA) is 0 Å². The molecule has 0 fully saturated rings. The van der Waals surface area contributed by atoms with Crippen LogP contribution in [0.1, 0.15) is 6.42 Å². The van der Waals surface area contributed by atoms with Crippen molar-refractivity contribution in [1.82, 2.24) is 0 Å². The summed E-state index contributed by atoms with van der Waals surface area (Å²) in [7, 11) is 0. The van der Waals surface area contributed by atoms with Crippen LogP contribution in [0.5, 0.6) is 0 Å². The minimum absolute atomic E-state index is 0.842. The molecule has 0 saturated carbocycles. The van der Waals surface area contributed by atoms with Crippen molar-refractivity contribution in [3.63, 3.8) is 0 Å². The highest BCUT2D eigenvalue weighted by Gasteiger charge is 1.92. The zero-order valence-corrected chi connectivity index (χ0v) is 7.38. The predicted octanol–water partition coefficient (Wildman–Crippen LogP) is 1.77. The Balaban J connectivity index is 2.72. The number of fused-ring (bicyclic) bond motifs is 1. The smallest absolute Gasteiger partial charge is 0.0219 e. The van der Waals surface area contributed by atoms with Gasteiger partial charge >= 0.3 is 0 Å². The highest BCUT2D eigenvalue weighted by Crippen LogP contribution is 2.08. The SMILES string of the molecule is ClC1=CC=c2ccccc2=CC1. The van der Waals surface area contributed by atoms with E-state index in [1.807, 2.05) is 18.2 Å². The molecule has 0 atom stereocenters. The third-order valence-corrected chi connectivity index (χ3v) is 2.24. The number of halogens is 1. The second-order valence-corrected chi connectivity index (χ2v) is 3.30. The number of benzene rings is 1. The van der Waals surface area contributed by atoms with Crippen molar-refractivity contribution in [3.8, 4) is 0 Å². The van der Waals surface area contributed by atoms with Gasteiger partial charge in [-0.05, 0) is 16.5 Å². The van der Waals surface area contributed by atoms with Gasteiger partial charge < -0.3 is 0 Å². The Hall–Kier alpha value is -1.01. The average Bonchev–Trinajstić information content (AvgIpc) is 2.29. The molecule has 0 amide bonds. The van der Waals surface area contributed by atoms with E-state index in [0.717, 1.165) is 11.5 Å². The van der Waals surface area contributed by atoms with Crippen LogP contribution < -0.4 is 10.4 Å². The van der Waals surface area contributed by atoms with Crippen LogP contribution >= 0.6 is 11.6 Å². The summed E-state index contributed by atoms with van der Waals surface area (Å²) in [5.74, 6) is 0. The van der Waals surface area contributed by atoms with E-state index in [-0.39, 0.29) is 0 Å². The van der Waals surface area contributed by atoms with Crippen LogP contribution in [0.2, 0.25) is 0 Å². The fourth-order valence-electron chi connectivity index (χ4n) is 1.30. The van der Waals surface area contributed by atoms with Gasteiger partial charge in [0.15, 0.2) is 0 Å². The van der Waals surface area contributed by atoms with Crippen molar-refractivity contribution in [3.05, 3.63) is 45.8 Å². The zero-order valence-electron chi connectivity index (χ0n) is 6.63. The molecule has 0 N–H and O–H groups in total. The van der Waals surface area contributed by atoms with Crippen molar-refractivity contribution in [1.29, 1.82) is 0 Å². The Morgan fingerprint density at radius 3 is 2.58 bits per heavy atom. The van der Waals surface area contributed by atoms with Gasteiger partial charge in [-0.2, -0.15) is 0 Å². The Labute approximate surface area is 76.5 Å². The third-order valence-electron chi connectivity index (χ3n) is 1.96. The van der Waals surface area contributed by atoms with E-state index in [4.69, 9.17) is 11.6 Å². The Kier molecular flexibility index (Phi) is 2.01. The molecule has 1 aliphatic rings. The van der Waals surface area contributed by atoms with Gasteiger partial charge in [0.05, 0.1) is 0 Å². The maximum absolute atomic E-state index is 5.91. The molecule has 0 radical (unpaired) electrons. The van der Waals surface area contributed by atoms with E-state index in [9.17, 15) is 0 Å². The summed E-state index contributed by atoms with van der Waals surface area (Å²) >= 11 is 5.91. The second-order valence-electron chi connectivity index (χ2n) is 2.82. The summed E-state index contributed by atoms with van der Waals surface area (Å²) in [5.41, 5.74) is 0. The lowest BCUT2D eigenvalue weighted by Crippen LogP contribution is -2.22. The number of hydrogen-bond donors (Lipinski definition) is 0. The summed E-state index contributed by atoms with van der Waals surface area (Å²) in [6, 6.07) is 8.28. The minimum atomic E-state index is 0.842. The minimum Gasteiger partial charge on any atom is -0.0888 e. The molecule has 60 valence electrons. The third kappa shape index (κ3) is 1.44. The molecular formula is C11H9Cl. The summed E-state index contributed by atoms with van der Waals surface area (Å²) in [5, 5.41) is 3.41. The number of hydrogen-bond acceptors (Lipinski definition) is 0. The maximum Gasteiger partial charge on any atom is 0.0219 e. The van der Waals surface area contributed by atoms with Crippen molar-refractivity contribution in [2.45, 2.75) is 6.42 Å². The van der Waals surface area contributed by atoms with E-state index >= 15 is 0 Å². The molecule has 0 bridgehead atoms. The fourth-order valence-corrected chi connectivity index (χ4v) is 1.44. The van der Waals surface area contributed by atoms with Crippen LogP contribution in [0.15, 0.2) is 35.4 Å². The van der Waals surface area contributed by atoms with Gasteiger partial charge in [0.25, 0.3) is 0 Å². The maximum atomic E-state index is 5.91. The van der Waals surface area contributed by atoms with Gasteiger partial charge in [-0.3, -0.25) is 0 Å². The molecule has 0 aromatic heterocycles. The highest BCUT2D eigenvalue weighted by atomic mass is 35.5. The summed E-state index contributed by atoms with van der Waals surface area (Å²) < 4.78 is 0. The van der Waals surface area contributed by atoms with E-state index in [2.05, 4.69) is 24.3 Å². The summed E-state index contributed by atoms with van der Waals surface area (Å²) in [6.07, 6.45) is 7.01. The molecular weight excluding hydrogens is 168 g/mol. The first kappa shape index (κ1) is 7.63. The number of rotatable bonds is 0. The van der Waals surface area contributed by atoms with Crippen molar-refractivity contribution in [2.24, 2.45) is 0 Å². The van der Waals surface area contributed by atoms with Crippen molar-refractivity contribution >= 4 is 23.8 Å². The lowest BCUT2D eigenvalue weighted by atomic mass is 10.2. The fraction of sp³-hybridized carbons (Fsp3) is 0.0909. The lowest BCUT2D eigenvalue weighted by molar-refractivity contribution is 1.42. The standard InChI is InChI=1S/C11H9Cl/c12-11-7-5-9-3-1-2-4-10(9)6-8-11/h1-7H,8H2. The van der Waals surface area contributed by atoms with Gasteiger partial charge in [-0.25, -0.2) is 0 Å². The largest absolute Gasteiger partial charge is 0.0888 e. The lowest BCUT2D eigenvalue weighted by Gasteiger charge is -1.86. The molecule has 0 heterocycles. The quantitative estimate of drug-likeness (QED) is 0.565. The Morgan fingerprint density at radius 2 is 1.75 bits per heavy atom. The summed E-state index contributed by atoms with van der Waals surface area (Å²) in [4.78, 5) is 0. The van der Waals surface area contributed by atoms with Crippen LogP contribution in [0, 0.1) is 0 Å². The van der Waals surface area contributed by atoms with Crippen LogP contribution in [0.3, 0.4) is 0 Å². The predicted molar refractivity (Wildman–Crippen MR) is 53.2 cm³/mol. The van der Waals surface area contributed by atoms with Gasteiger partial charge in [-0.15, -0.1) is 0 Å². The molecule has 0 unspecified atom stereocenters. The van der Waals surface area contributed by atoms with Gasteiger partial charge in [0.2, 0.25) is 0 Å². The molecule has 1 heteroatoms. The van der Waals surface area contributed by atoms with E-state index in [1.165, 1.54) is 10.4 Å². The molecule has 0 spiro atoms. The first-order chi connectivity index (χ1) is 5.86. The molecule has 0 aliphatic heterocycles. The monoisotopic (exact) mass is 176 g/mol. The average molecular weight is 177 g/mol. The van der Waals surface area contributed by atoms with E-state index in [0.29, 0.717) is 0 Å². The van der Waals surface area contributed by atoms with E-state index in [1.54, 1.807) is 0 Å². The molecule has 2 rings (SSSR count). The Bertz CT molecular complexity index is 427. The number of allylic oxidation sites excluding steroid dienone is 2. The van der Waals surface area contributed by atoms with Crippen LogP contribution in [-0.2, 0) is 0 Å². The summed E-state index contributed by atoms with van der Waals surface area (Å²) in [6.45, 7) is 0. The van der Waals surface area contributed by atoms with Gasteiger partial charge in [-0.1, -0.05) is 48.0 Å². The van der Waals surface area contributed by atoms with Crippen LogP contribution in [0.25, 0.3) is 12.2 Å². The first-order valence-corrected chi connectivity index (χ1v) is 4.36. The van der Waals surface area contributed by atoms with E-state index < -0.39 is 0 Å². The van der Waals surface area contributed by atoms with Crippen LogP contribution in [-0.4, -0.2) is 0 Å². The van der Waals surface area contributed by atoms with Gasteiger partial charge in [0.1, 0.15) is 0 Å². The molecule has 1 aromatic carbocycles. The second kappa shape index (κ2) is 3.16. The molecule has 0 saturated heterocycles. The van der Waals surface area contributed by atoms with Crippen LogP contribution in [0.4, 0.5) is 0 Å². The normalized spacial score (nSPS) is 14.9. The molecule has 1 aromatic rings. The van der Waals surface area contributed by atoms with Crippen molar-refractivity contribution in [2.75, 3.05) is 0 Å². The van der Waals surface area contributed by atoms with Gasteiger partial charge in [0, 0.05) is 11.5 Å². The molecule has 12 heavy (non-hydrogen) atoms.